The highest BCUT2D eigenvalue weighted by Gasteiger charge is 2.45. The molecule has 2 aromatic heterocycles. The van der Waals surface area contributed by atoms with Crippen molar-refractivity contribution in [3.63, 3.8) is 0 Å². The number of aliphatic hydroxyl groups excluding tert-OH is 1. The summed E-state index contributed by atoms with van der Waals surface area (Å²) in [5.74, 6) is -2.41. The number of aromatic nitrogens is 3. The average molecular weight is 560 g/mol. The predicted octanol–water partition coefficient (Wildman–Crippen LogP) is 6.15. The van der Waals surface area contributed by atoms with Crippen molar-refractivity contribution in [3.8, 4) is 22.9 Å². The number of halogens is 2. The van der Waals surface area contributed by atoms with Crippen LogP contribution in [-0.2, 0) is 15.1 Å². The minimum atomic E-state index is -1.16. The molecule has 5 aromatic rings. The Labute approximate surface area is 233 Å². The summed E-state index contributed by atoms with van der Waals surface area (Å²) in [4.78, 5) is 22.1. The number of aromatic amines is 2. The van der Waals surface area contributed by atoms with Crippen LogP contribution in [0.4, 0.5) is 8.78 Å². The third-order valence-electron chi connectivity index (χ3n) is 7.70. The first-order valence-corrected chi connectivity index (χ1v) is 13.1. The Morgan fingerprint density at radius 3 is 2.76 bits per heavy atom. The Balaban J connectivity index is 1.37. The van der Waals surface area contributed by atoms with Gasteiger partial charge in [-0.05, 0) is 49.2 Å². The highest BCUT2D eigenvalue weighted by molar-refractivity contribution is 5.85. The molecule has 0 spiro atoms. The summed E-state index contributed by atoms with van der Waals surface area (Å²) in [5, 5.41) is 20.7. The van der Waals surface area contributed by atoms with Crippen LogP contribution in [0.3, 0.4) is 0 Å². The lowest BCUT2D eigenvalue weighted by Gasteiger charge is -2.28. The van der Waals surface area contributed by atoms with Gasteiger partial charge >= 0.3 is 5.97 Å². The van der Waals surface area contributed by atoms with Crippen LogP contribution < -0.4 is 4.74 Å². The monoisotopic (exact) mass is 559 g/mol. The quantitative estimate of drug-likeness (QED) is 0.190. The van der Waals surface area contributed by atoms with Crippen LogP contribution in [-0.4, -0.2) is 43.8 Å². The number of aliphatic carboxylic acids is 1. The second kappa shape index (κ2) is 10.1. The number of rotatable bonds is 7. The lowest BCUT2D eigenvalue weighted by atomic mass is 9.85. The maximum absolute atomic E-state index is 15.1. The molecule has 6 rings (SSSR count). The zero-order valence-electron chi connectivity index (χ0n) is 22.2. The van der Waals surface area contributed by atoms with Crippen molar-refractivity contribution in [2.75, 3.05) is 6.61 Å². The number of hydrogen-bond donors (Lipinski definition) is 4. The molecule has 1 fully saturated rings. The number of aliphatic hydroxyl groups is 1. The maximum Gasteiger partial charge on any atom is 0.310 e. The molecule has 0 saturated carbocycles. The van der Waals surface area contributed by atoms with Crippen molar-refractivity contribution in [1.82, 2.24) is 15.0 Å². The molecule has 3 atom stereocenters. The standard InChI is InChI=1S/C31H27F2N3O5/c1-16(30(38)39)18-4-3-5-19(10-18)31(13-20(37)15-40-31)27-14-35-29(36-27)23-11-21(6-7-24(23)32)41-28-17(2)22-8-9-34-26(22)12-25(28)33/h3-12,14,16,20,34,37H,13,15H2,1-2H3,(H,35,36)(H,38,39)/t16?,20-,31+/m0/s1. The Morgan fingerprint density at radius 2 is 2.00 bits per heavy atom. The number of benzene rings is 3. The van der Waals surface area contributed by atoms with Gasteiger partial charge in [-0.15, -0.1) is 0 Å². The van der Waals surface area contributed by atoms with Crippen LogP contribution >= 0.6 is 0 Å². The molecule has 1 unspecified atom stereocenters. The molecule has 10 heteroatoms. The summed E-state index contributed by atoms with van der Waals surface area (Å²) < 4.78 is 42.0. The molecule has 0 amide bonds. The highest BCUT2D eigenvalue weighted by Crippen LogP contribution is 2.43. The van der Waals surface area contributed by atoms with E-state index in [1.165, 1.54) is 30.5 Å². The van der Waals surface area contributed by atoms with Crippen LogP contribution in [0, 0.1) is 18.6 Å². The number of fused-ring (bicyclic) bond motifs is 1. The summed E-state index contributed by atoms with van der Waals surface area (Å²) in [5.41, 5.74) is 1.87. The molecule has 3 aromatic carbocycles. The first-order valence-electron chi connectivity index (χ1n) is 13.1. The number of nitrogens with zero attached hydrogens (tertiary/aromatic N) is 1. The fraction of sp³-hybridized carbons (Fsp3) is 0.226. The van der Waals surface area contributed by atoms with E-state index < -0.39 is 35.2 Å². The van der Waals surface area contributed by atoms with Crippen LogP contribution in [0.15, 0.2) is 67.0 Å². The van der Waals surface area contributed by atoms with E-state index in [0.717, 1.165) is 5.39 Å². The second-order valence-corrected chi connectivity index (χ2v) is 10.3. The van der Waals surface area contributed by atoms with E-state index in [2.05, 4.69) is 15.0 Å². The third-order valence-corrected chi connectivity index (χ3v) is 7.70. The molecule has 1 saturated heterocycles. The Morgan fingerprint density at radius 1 is 1.17 bits per heavy atom. The van der Waals surface area contributed by atoms with Gasteiger partial charge in [0.2, 0.25) is 0 Å². The molecule has 0 bridgehead atoms. The Kier molecular flexibility index (Phi) is 6.59. The molecule has 41 heavy (non-hydrogen) atoms. The maximum atomic E-state index is 15.1. The number of H-pyrrole nitrogens is 2. The van der Waals surface area contributed by atoms with Crippen LogP contribution in [0.1, 0.15) is 41.6 Å². The Bertz CT molecular complexity index is 1780. The number of carboxylic acid groups (broad SMARTS) is 1. The molecule has 0 aliphatic carbocycles. The summed E-state index contributed by atoms with van der Waals surface area (Å²) in [6.07, 6.45) is 2.64. The van der Waals surface area contributed by atoms with Gasteiger partial charge in [-0.25, -0.2) is 13.8 Å². The molecular weight excluding hydrogens is 532 g/mol. The van der Waals surface area contributed by atoms with E-state index in [0.29, 0.717) is 27.9 Å². The van der Waals surface area contributed by atoms with Gasteiger partial charge in [0.05, 0.1) is 36.1 Å². The second-order valence-electron chi connectivity index (χ2n) is 10.3. The zero-order valence-corrected chi connectivity index (χ0v) is 22.2. The van der Waals surface area contributed by atoms with Crippen molar-refractivity contribution < 1.29 is 33.3 Å². The van der Waals surface area contributed by atoms with Crippen LogP contribution in [0.25, 0.3) is 22.3 Å². The summed E-state index contributed by atoms with van der Waals surface area (Å²) >= 11 is 0. The lowest BCUT2D eigenvalue weighted by Crippen LogP contribution is -2.28. The molecular formula is C31H27F2N3O5. The predicted molar refractivity (Wildman–Crippen MR) is 147 cm³/mol. The van der Waals surface area contributed by atoms with Gasteiger partial charge in [0.15, 0.2) is 11.6 Å². The topological polar surface area (TPSA) is 120 Å². The number of carboxylic acids is 1. The van der Waals surface area contributed by atoms with Crippen LogP contribution in [0.5, 0.6) is 11.5 Å². The molecule has 1 aliphatic heterocycles. The molecule has 210 valence electrons. The summed E-state index contributed by atoms with van der Waals surface area (Å²) in [6, 6.07) is 14.2. The van der Waals surface area contributed by atoms with Crippen molar-refractivity contribution in [1.29, 1.82) is 0 Å². The van der Waals surface area contributed by atoms with Crippen molar-refractivity contribution in [3.05, 3.63) is 101 Å². The van der Waals surface area contributed by atoms with Crippen molar-refractivity contribution in [2.45, 2.75) is 37.9 Å². The first kappa shape index (κ1) is 26.7. The SMILES string of the molecule is Cc1c(Oc2ccc(F)c(-c3ncc([C@]4(c5cccc(C(C)C(=O)O)c5)C[C@H](O)CO4)[nH]3)c2)c(F)cc2[nH]ccc12. The molecule has 0 radical (unpaired) electrons. The number of carbonyl (C=O) groups is 1. The molecule has 4 N–H and O–H groups in total. The normalized spacial score (nSPS) is 19.5. The Hall–Kier alpha value is -4.54. The summed E-state index contributed by atoms with van der Waals surface area (Å²) in [7, 11) is 0. The van der Waals surface area contributed by atoms with E-state index in [4.69, 9.17) is 9.47 Å². The third kappa shape index (κ3) is 4.64. The van der Waals surface area contributed by atoms with E-state index in [1.54, 1.807) is 44.3 Å². The van der Waals surface area contributed by atoms with Crippen molar-refractivity contribution in [2.24, 2.45) is 0 Å². The number of nitrogens with one attached hydrogen (secondary N) is 2. The van der Waals surface area contributed by atoms with E-state index in [1.807, 2.05) is 6.07 Å². The zero-order chi connectivity index (χ0) is 28.9. The van der Waals surface area contributed by atoms with Gasteiger partial charge in [0.1, 0.15) is 23.0 Å². The summed E-state index contributed by atoms with van der Waals surface area (Å²) in [6.45, 7) is 3.40. The smallest absolute Gasteiger partial charge is 0.310 e. The fourth-order valence-electron chi connectivity index (χ4n) is 5.41. The molecule has 8 nitrogen and oxygen atoms in total. The molecule has 1 aliphatic rings. The van der Waals surface area contributed by atoms with E-state index >= 15 is 4.39 Å². The minimum Gasteiger partial charge on any atom is -0.481 e. The van der Waals surface area contributed by atoms with Gasteiger partial charge in [-0.2, -0.15) is 0 Å². The van der Waals surface area contributed by atoms with Gasteiger partial charge in [-0.1, -0.05) is 24.3 Å². The van der Waals surface area contributed by atoms with Gasteiger partial charge in [0, 0.05) is 35.2 Å². The van der Waals surface area contributed by atoms with Crippen LogP contribution in [0.2, 0.25) is 0 Å². The van der Waals surface area contributed by atoms with Gasteiger partial charge in [-0.3, -0.25) is 4.79 Å². The lowest BCUT2D eigenvalue weighted by molar-refractivity contribution is -0.138. The van der Waals surface area contributed by atoms with Gasteiger partial charge < -0.3 is 29.7 Å². The van der Waals surface area contributed by atoms with E-state index in [-0.39, 0.29) is 35.9 Å². The minimum absolute atomic E-state index is 0.0394. The number of hydrogen-bond acceptors (Lipinski definition) is 5. The average Bonchev–Trinajstić information content (AvgIpc) is 3.72. The highest BCUT2D eigenvalue weighted by atomic mass is 19.1. The largest absolute Gasteiger partial charge is 0.481 e. The van der Waals surface area contributed by atoms with E-state index in [9.17, 15) is 19.4 Å². The van der Waals surface area contributed by atoms with Crippen molar-refractivity contribution >= 4 is 16.9 Å². The molecule has 3 heterocycles. The fourth-order valence-corrected chi connectivity index (χ4v) is 5.41. The number of aryl methyl sites for hydroxylation is 1. The number of imidazole rings is 1. The first-order chi connectivity index (χ1) is 19.7. The van der Waals surface area contributed by atoms with Gasteiger partial charge in [0.25, 0.3) is 0 Å². The number of ether oxygens (including phenoxy) is 2.